The summed E-state index contributed by atoms with van der Waals surface area (Å²) in [5.41, 5.74) is 1.02. The van der Waals surface area contributed by atoms with Crippen LogP contribution in [0.15, 0.2) is 5.38 Å². The van der Waals surface area contributed by atoms with Crippen molar-refractivity contribution >= 4 is 17.2 Å². The van der Waals surface area contributed by atoms with Gasteiger partial charge in [-0.25, -0.2) is 4.98 Å². The third kappa shape index (κ3) is 4.09. The molecule has 96 valence electrons. The number of nitrogens with zero attached hydrogens (tertiary/aromatic N) is 2. The molecule has 0 saturated carbocycles. The molecule has 1 amide bonds. The van der Waals surface area contributed by atoms with Crippen LogP contribution < -0.4 is 5.32 Å². The van der Waals surface area contributed by atoms with E-state index in [2.05, 4.69) is 17.2 Å². The minimum Gasteiger partial charge on any atom is -0.345 e. The lowest BCUT2D eigenvalue weighted by Gasteiger charge is -2.20. The van der Waals surface area contributed by atoms with Gasteiger partial charge < -0.3 is 10.2 Å². The Bertz CT molecular complexity index is 364. The predicted molar refractivity (Wildman–Crippen MR) is 71.1 cm³/mol. The second-order valence-corrected chi connectivity index (χ2v) is 4.98. The summed E-state index contributed by atoms with van der Waals surface area (Å²) in [7, 11) is 1.82. The van der Waals surface area contributed by atoms with Crippen LogP contribution in [0.3, 0.4) is 0 Å². The summed E-state index contributed by atoms with van der Waals surface area (Å²) in [4.78, 5) is 18.0. The van der Waals surface area contributed by atoms with Crippen LogP contribution in [0.5, 0.6) is 0 Å². The van der Waals surface area contributed by atoms with Crippen molar-refractivity contribution < 1.29 is 4.79 Å². The van der Waals surface area contributed by atoms with Gasteiger partial charge in [-0.2, -0.15) is 0 Å². The van der Waals surface area contributed by atoms with E-state index in [1.165, 1.54) is 0 Å². The number of hydrogen-bond acceptors (Lipinski definition) is 4. The lowest BCUT2D eigenvalue weighted by molar-refractivity contribution is -0.131. The van der Waals surface area contributed by atoms with Gasteiger partial charge in [-0.05, 0) is 20.3 Å². The van der Waals surface area contributed by atoms with Gasteiger partial charge in [-0.3, -0.25) is 4.79 Å². The van der Waals surface area contributed by atoms with Gasteiger partial charge in [0.2, 0.25) is 5.91 Å². The zero-order valence-electron chi connectivity index (χ0n) is 11.0. The molecule has 1 atom stereocenters. The van der Waals surface area contributed by atoms with Crippen LogP contribution in [0.2, 0.25) is 0 Å². The molecule has 1 aromatic heterocycles. The van der Waals surface area contributed by atoms with Crippen LogP contribution >= 0.6 is 11.3 Å². The molecule has 5 heteroatoms. The van der Waals surface area contributed by atoms with E-state index in [1.807, 2.05) is 26.3 Å². The second-order valence-electron chi connectivity index (χ2n) is 4.04. The summed E-state index contributed by atoms with van der Waals surface area (Å²) in [5, 5.41) is 6.40. The smallest absolute Gasteiger partial charge is 0.239 e. The molecule has 0 saturated heterocycles. The van der Waals surface area contributed by atoms with E-state index in [-0.39, 0.29) is 11.9 Å². The van der Waals surface area contributed by atoms with Crippen molar-refractivity contribution in [1.29, 1.82) is 0 Å². The van der Waals surface area contributed by atoms with Crippen molar-refractivity contribution in [2.24, 2.45) is 0 Å². The maximum absolute atomic E-state index is 11.8. The number of nitrogens with one attached hydrogen (secondary N) is 1. The third-order valence-corrected chi connectivity index (χ3v) is 3.75. The number of carbonyl (C=O) groups excluding carboxylic acids is 1. The van der Waals surface area contributed by atoms with Crippen LogP contribution in [0, 0.1) is 0 Å². The molecule has 17 heavy (non-hydrogen) atoms. The Labute approximate surface area is 107 Å². The maximum Gasteiger partial charge on any atom is 0.239 e. The summed E-state index contributed by atoms with van der Waals surface area (Å²) in [5.74, 6) is 0.124. The number of carbonyl (C=O) groups is 1. The van der Waals surface area contributed by atoms with Crippen molar-refractivity contribution in [3.8, 4) is 0 Å². The van der Waals surface area contributed by atoms with Gasteiger partial charge >= 0.3 is 0 Å². The first-order chi connectivity index (χ1) is 8.08. The highest BCUT2D eigenvalue weighted by Gasteiger charge is 2.15. The van der Waals surface area contributed by atoms with Crippen LogP contribution in [0.1, 0.15) is 31.5 Å². The summed E-state index contributed by atoms with van der Waals surface area (Å²) in [6.07, 6.45) is 0.970. The summed E-state index contributed by atoms with van der Waals surface area (Å²) in [6.45, 7) is 7.35. The minimum atomic E-state index is -0.160. The summed E-state index contributed by atoms with van der Waals surface area (Å²) in [6, 6.07) is -0.160. The number of aryl methyl sites for hydroxylation is 1. The van der Waals surface area contributed by atoms with Crippen molar-refractivity contribution in [3.05, 3.63) is 16.1 Å². The average Bonchev–Trinajstić information content (AvgIpc) is 2.81. The van der Waals surface area contributed by atoms with Crippen molar-refractivity contribution in [2.45, 2.75) is 39.8 Å². The number of rotatable bonds is 6. The zero-order valence-corrected chi connectivity index (χ0v) is 11.8. The largest absolute Gasteiger partial charge is 0.345 e. The van der Waals surface area contributed by atoms with Gasteiger partial charge in [0.25, 0.3) is 0 Å². The van der Waals surface area contributed by atoms with Gasteiger partial charge in [-0.1, -0.05) is 6.92 Å². The van der Waals surface area contributed by atoms with E-state index < -0.39 is 0 Å². The molecular formula is C12H21N3OS. The van der Waals surface area contributed by atoms with E-state index in [4.69, 9.17) is 0 Å². The van der Waals surface area contributed by atoms with Crippen LogP contribution in [-0.4, -0.2) is 35.4 Å². The molecule has 0 aliphatic heterocycles. The molecule has 1 aromatic rings. The van der Waals surface area contributed by atoms with Gasteiger partial charge in [0.1, 0.15) is 0 Å². The van der Waals surface area contributed by atoms with E-state index >= 15 is 0 Å². The molecule has 0 fully saturated rings. The zero-order chi connectivity index (χ0) is 12.8. The monoisotopic (exact) mass is 255 g/mol. The Balaban J connectivity index is 2.42. The van der Waals surface area contributed by atoms with Crippen molar-refractivity contribution in [3.63, 3.8) is 0 Å². The molecule has 0 spiro atoms. The lowest BCUT2D eigenvalue weighted by atomic mass is 10.3. The van der Waals surface area contributed by atoms with Crippen LogP contribution in [-0.2, 0) is 17.8 Å². The third-order valence-electron chi connectivity index (χ3n) is 2.71. The highest BCUT2D eigenvalue weighted by atomic mass is 32.1. The van der Waals surface area contributed by atoms with E-state index in [0.717, 1.165) is 23.7 Å². The first-order valence-electron chi connectivity index (χ1n) is 6.00. The van der Waals surface area contributed by atoms with Crippen molar-refractivity contribution in [2.75, 3.05) is 13.6 Å². The van der Waals surface area contributed by atoms with Crippen molar-refractivity contribution in [1.82, 2.24) is 15.2 Å². The fraction of sp³-hybridized carbons (Fsp3) is 0.667. The molecule has 1 rings (SSSR count). The molecule has 1 N–H and O–H groups in total. The number of thiazole rings is 1. The molecular weight excluding hydrogens is 234 g/mol. The fourth-order valence-corrected chi connectivity index (χ4v) is 2.17. The van der Waals surface area contributed by atoms with Crippen LogP contribution in [0.4, 0.5) is 0 Å². The SMILES string of the molecule is CCc1nc(CNC(C)C(=O)N(C)CC)cs1. The first-order valence-corrected chi connectivity index (χ1v) is 6.88. The summed E-state index contributed by atoms with van der Waals surface area (Å²) < 4.78 is 0. The van der Waals surface area contributed by atoms with E-state index in [0.29, 0.717) is 6.54 Å². The molecule has 0 aliphatic carbocycles. The van der Waals surface area contributed by atoms with E-state index in [1.54, 1.807) is 16.2 Å². The Morgan fingerprint density at radius 1 is 1.59 bits per heavy atom. The van der Waals surface area contributed by atoms with Gasteiger partial charge in [-0.15, -0.1) is 11.3 Å². The highest BCUT2D eigenvalue weighted by Crippen LogP contribution is 2.10. The molecule has 1 unspecified atom stereocenters. The average molecular weight is 255 g/mol. The normalized spacial score (nSPS) is 12.5. The van der Waals surface area contributed by atoms with Crippen LogP contribution in [0.25, 0.3) is 0 Å². The Morgan fingerprint density at radius 2 is 2.29 bits per heavy atom. The summed E-state index contributed by atoms with van der Waals surface area (Å²) >= 11 is 1.67. The predicted octanol–water partition coefficient (Wildman–Crippen LogP) is 1.66. The minimum absolute atomic E-state index is 0.124. The van der Waals surface area contributed by atoms with Gasteiger partial charge in [0.05, 0.1) is 16.7 Å². The highest BCUT2D eigenvalue weighted by molar-refractivity contribution is 7.09. The quantitative estimate of drug-likeness (QED) is 0.841. The number of hydrogen-bond donors (Lipinski definition) is 1. The molecule has 0 bridgehead atoms. The Morgan fingerprint density at radius 3 is 2.82 bits per heavy atom. The second kappa shape index (κ2) is 6.71. The Kier molecular flexibility index (Phi) is 5.58. The first kappa shape index (κ1) is 14.1. The van der Waals surface area contributed by atoms with Gasteiger partial charge in [0.15, 0.2) is 0 Å². The molecule has 4 nitrogen and oxygen atoms in total. The number of amides is 1. The molecule has 1 heterocycles. The number of aromatic nitrogens is 1. The topological polar surface area (TPSA) is 45.2 Å². The fourth-order valence-electron chi connectivity index (χ4n) is 1.42. The number of likely N-dealkylation sites (N-methyl/N-ethyl adjacent to an activating group) is 1. The van der Waals surface area contributed by atoms with Gasteiger partial charge in [0, 0.05) is 25.5 Å². The molecule has 0 aliphatic rings. The molecule has 0 radical (unpaired) electrons. The maximum atomic E-state index is 11.8. The lowest BCUT2D eigenvalue weighted by Crippen LogP contribution is -2.42. The van der Waals surface area contributed by atoms with E-state index in [9.17, 15) is 4.79 Å². The standard InChI is InChI=1S/C12H21N3OS/c1-5-11-14-10(8-17-11)7-13-9(3)12(16)15(4)6-2/h8-9,13H,5-7H2,1-4H3. The Hall–Kier alpha value is -0.940. The molecule has 0 aromatic carbocycles.